The van der Waals surface area contributed by atoms with Gasteiger partial charge in [-0.3, -0.25) is 0 Å². The monoisotopic (exact) mass is 310 g/mol. The second-order valence-corrected chi connectivity index (χ2v) is 6.54. The van der Waals surface area contributed by atoms with Crippen LogP contribution < -0.4 is 10.2 Å². The van der Waals surface area contributed by atoms with E-state index in [1.54, 1.807) is 6.20 Å². The number of aromatic nitrogens is 2. The Morgan fingerprint density at radius 2 is 1.87 bits per heavy atom. The third-order valence-corrected chi connectivity index (χ3v) is 4.51. The van der Waals surface area contributed by atoms with Crippen LogP contribution in [0.15, 0.2) is 36.5 Å². The highest BCUT2D eigenvalue weighted by Gasteiger charge is 2.19. The Labute approximate surface area is 138 Å². The second kappa shape index (κ2) is 7.55. The van der Waals surface area contributed by atoms with Crippen LogP contribution >= 0.6 is 0 Å². The average molecular weight is 310 g/mol. The van der Waals surface area contributed by atoms with Crippen molar-refractivity contribution in [1.82, 2.24) is 15.5 Å². The minimum Gasteiger partial charge on any atom is -0.355 e. The Hall–Kier alpha value is -1.94. The number of benzene rings is 1. The van der Waals surface area contributed by atoms with E-state index < -0.39 is 0 Å². The predicted octanol–water partition coefficient (Wildman–Crippen LogP) is 2.89. The fourth-order valence-corrected chi connectivity index (χ4v) is 3.41. The van der Waals surface area contributed by atoms with Crippen molar-refractivity contribution in [2.45, 2.75) is 39.2 Å². The predicted molar refractivity (Wildman–Crippen MR) is 94.9 cm³/mol. The lowest BCUT2D eigenvalue weighted by Crippen LogP contribution is -2.43. The summed E-state index contributed by atoms with van der Waals surface area (Å²) in [6, 6.07) is 11.4. The minimum atomic E-state index is 0.619. The van der Waals surface area contributed by atoms with Crippen LogP contribution in [0, 0.1) is 13.8 Å². The van der Waals surface area contributed by atoms with Gasteiger partial charge in [-0.1, -0.05) is 29.3 Å². The highest BCUT2D eigenvalue weighted by Crippen LogP contribution is 2.17. The molecule has 0 radical (unpaired) electrons. The molecule has 1 aliphatic heterocycles. The molecule has 122 valence electrons. The maximum absolute atomic E-state index is 4.20. The maximum atomic E-state index is 4.20. The molecule has 0 unspecified atom stereocenters. The smallest absolute Gasteiger partial charge is 0.151 e. The topological polar surface area (TPSA) is 41.0 Å². The van der Waals surface area contributed by atoms with Gasteiger partial charge < -0.3 is 10.2 Å². The van der Waals surface area contributed by atoms with Gasteiger partial charge >= 0.3 is 0 Å². The van der Waals surface area contributed by atoms with Crippen molar-refractivity contribution in [2.24, 2.45) is 0 Å². The van der Waals surface area contributed by atoms with Crippen LogP contribution in [-0.4, -0.2) is 35.9 Å². The fourth-order valence-electron chi connectivity index (χ4n) is 3.41. The zero-order chi connectivity index (χ0) is 16.1. The summed E-state index contributed by atoms with van der Waals surface area (Å²) < 4.78 is 0. The van der Waals surface area contributed by atoms with E-state index in [2.05, 4.69) is 52.5 Å². The average Bonchev–Trinajstić information content (AvgIpc) is 2.55. The van der Waals surface area contributed by atoms with E-state index in [-0.39, 0.29) is 0 Å². The van der Waals surface area contributed by atoms with E-state index in [1.807, 2.05) is 12.1 Å². The molecule has 0 amide bonds. The van der Waals surface area contributed by atoms with Crippen LogP contribution in [0.1, 0.15) is 29.5 Å². The van der Waals surface area contributed by atoms with Crippen LogP contribution in [0.2, 0.25) is 0 Å². The lowest BCUT2D eigenvalue weighted by atomic mass is 10.0. The normalized spacial score (nSPS) is 15.8. The third-order valence-electron chi connectivity index (χ3n) is 4.51. The molecule has 1 N–H and O–H groups in total. The van der Waals surface area contributed by atoms with Crippen molar-refractivity contribution >= 4 is 5.82 Å². The first-order valence-electron chi connectivity index (χ1n) is 8.54. The number of hydrogen-bond acceptors (Lipinski definition) is 4. The van der Waals surface area contributed by atoms with Gasteiger partial charge in [-0.25, -0.2) is 0 Å². The SMILES string of the molecule is Cc1cc(C)cc(CCNC2CCN(c3cccnn3)CC2)c1. The molecule has 1 fully saturated rings. The Bertz CT molecular complexity index is 598. The number of anilines is 1. The van der Waals surface area contributed by atoms with Crippen molar-refractivity contribution in [3.63, 3.8) is 0 Å². The number of aryl methyl sites for hydroxylation is 2. The van der Waals surface area contributed by atoms with Gasteiger partial charge in [-0.05, 0) is 57.4 Å². The van der Waals surface area contributed by atoms with Crippen molar-refractivity contribution in [1.29, 1.82) is 0 Å². The molecule has 0 saturated carbocycles. The highest BCUT2D eigenvalue weighted by molar-refractivity contribution is 5.36. The molecule has 1 aromatic heterocycles. The minimum absolute atomic E-state index is 0.619. The molecule has 3 rings (SSSR count). The van der Waals surface area contributed by atoms with Gasteiger partial charge in [0.2, 0.25) is 0 Å². The molecule has 4 heteroatoms. The summed E-state index contributed by atoms with van der Waals surface area (Å²) >= 11 is 0. The van der Waals surface area contributed by atoms with Crippen molar-refractivity contribution in [2.75, 3.05) is 24.5 Å². The Morgan fingerprint density at radius 1 is 1.13 bits per heavy atom. The lowest BCUT2D eigenvalue weighted by molar-refractivity contribution is 0.416. The molecule has 0 aliphatic carbocycles. The zero-order valence-corrected chi connectivity index (χ0v) is 14.1. The molecule has 0 spiro atoms. The molecule has 2 aromatic rings. The standard InChI is InChI=1S/C19H26N4/c1-15-12-16(2)14-17(13-15)5-9-20-18-6-10-23(11-7-18)19-4-3-8-21-22-19/h3-4,8,12-14,18,20H,5-7,9-11H2,1-2H3. The molecular formula is C19H26N4. The van der Waals surface area contributed by atoms with Crippen LogP contribution in [-0.2, 0) is 6.42 Å². The number of piperidine rings is 1. The summed E-state index contributed by atoms with van der Waals surface area (Å²) in [4.78, 5) is 2.33. The number of rotatable bonds is 5. The first kappa shape index (κ1) is 15.9. The molecule has 1 aliphatic rings. The Morgan fingerprint density at radius 3 is 2.52 bits per heavy atom. The molecule has 2 heterocycles. The fraction of sp³-hybridized carbons (Fsp3) is 0.474. The largest absolute Gasteiger partial charge is 0.355 e. The molecule has 1 aromatic carbocycles. The third kappa shape index (κ3) is 4.52. The van der Waals surface area contributed by atoms with Crippen molar-refractivity contribution in [3.8, 4) is 0 Å². The maximum Gasteiger partial charge on any atom is 0.151 e. The number of hydrogen-bond donors (Lipinski definition) is 1. The summed E-state index contributed by atoms with van der Waals surface area (Å²) in [6.45, 7) is 7.51. The van der Waals surface area contributed by atoms with Gasteiger partial charge in [0, 0.05) is 25.3 Å². The summed E-state index contributed by atoms with van der Waals surface area (Å²) in [6.07, 6.45) is 5.17. The summed E-state index contributed by atoms with van der Waals surface area (Å²) in [7, 11) is 0. The van der Waals surface area contributed by atoms with Gasteiger partial charge in [0.25, 0.3) is 0 Å². The lowest BCUT2D eigenvalue weighted by Gasteiger charge is -2.33. The molecule has 0 bridgehead atoms. The second-order valence-electron chi connectivity index (χ2n) is 6.54. The van der Waals surface area contributed by atoms with E-state index in [4.69, 9.17) is 0 Å². The van der Waals surface area contributed by atoms with Gasteiger partial charge in [-0.15, -0.1) is 5.10 Å². The van der Waals surface area contributed by atoms with Crippen LogP contribution in [0.25, 0.3) is 0 Å². The van der Waals surface area contributed by atoms with E-state index in [9.17, 15) is 0 Å². The summed E-state index contributed by atoms with van der Waals surface area (Å²) in [5, 5.41) is 11.9. The van der Waals surface area contributed by atoms with Gasteiger partial charge in [0.1, 0.15) is 0 Å². The highest BCUT2D eigenvalue weighted by atomic mass is 15.3. The van der Waals surface area contributed by atoms with Crippen LogP contribution in [0.5, 0.6) is 0 Å². The van der Waals surface area contributed by atoms with Gasteiger partial charge in [0.15, 0.2) is 5.82 Å². The van der Waals surface area contributed by atoms with Crippen molar-refractivity contribution in [3.05, 3.63) is 53.2 Å². The molecule has 1 saturated heterocycles. The van der Waals surface area contributed by atoms with Crippen LogP contribution in [0.3, 0.4) is 0 Å². The van der Waals surface area contributed by atoms with Crippen molar-refractivity contribution < 1.29 is 0 Å². The number of nitrogens with zero attached hydrogens (tertiary/aromatic N) is 3. The molecule has 0 atom stereocenters. The van der Waals surface area contributed by atoms with E-state index in [0.717, 1.165) is 31.9 Å². The van der Waals surface area contributed by atoms with E-state index in [0.29, 0.717) is 6.04 Å². The Balaban J connectivity index is 1.42. The first-order valence-corrected chi connectivity index (χ1v) is 8.54. The van der Waals surface area contributed by atoms with Gasteiger partial charge in [0.05, 0.1) is 0 Å². The number of nitrogens with one attached hydrogen (secondary N) is 1. The van der Waals surface area contributed by atoms with E-state index in [1.165, 1.54) is 29.5 Å². The molecule has 23 heavy (non-hydrogen) atoms. The molecule has 4 nitrogen and oxygen atoms in total. The van der Waals surface area contributed by atoms with E-state index >= 15 is 0 Å². The Kier molecular flexibility index (Phi) is 5.23. The van der Waals surface area contributed by atoms with Gasteiger partial charge in [-0.2, -0.15) is 5.10 Å². The zero-order valence-electron chi connectivity index (χ0n) is 14.1. The quantitative estimate of drug-likeness (QED) is 0.922. The summed E-state index contributed by atoms with van der Waals surface area (Å²) in [5.41, 5.74) is 4.15. The van der Waals surface area contributed by atoms with Crippen LogP contribution in [0.4, 0.5) is 5.82 Å². The first-order chi connectivity index (χ1) is 11.2. The summed E-state index contributed by atoms with van der Waals surface area (Å²) in [5.74, 6) is 1.00. The molecular weight excluding hydrogens is 284 g/mol.